The molecule has 0 spiro atoms. The first-order valence-corrected chi connectivity index (χ1v) is 5.84. The summed E-state index contributed by atoms with van der Waals surface area (Å²) in [6, 6.07) is 0. The van der Waals surface area contributed by atoms with Crippen molar-refractivity contribution in [1.29, 1.82) is 0 Å². The molecule has 2 N–H and O–H groups in total. The van der Waals surface area contributed by atoms with Crippen molar-refractivity contribution in [3.63, 3.8) is 0 Å². The molecule has 0 aromatic carbocycles. The number of ether oxygens (including phenoxy) is 1. The van der Waals surface area contributed by atoms with Crippen LogP contribution in [0.25, 0.3) is 0 Å². The molecule has 0 bridgehead atoms. The molecule has 0 saturated heterocycles. The molecule has 106 valence electrons. The number of carbonyl (C=O) groups is 2. The number of carboxylic acids is 1. The van der Waals surface area contributed by atoms with Gasteiger partial charge < -0.3 is 15.2 Å². The van der Waals surface area contributed by atoms with Gasteiger partial charge in [0.05, 0.1) is 5.69 Å². The van der Waals surface area contributed by atoms with Gasteiger partial charge in [-0.05, 0) is 20.8 Å². The first kappa shape index (κ1) is 14.9. The summed E-state index contributed by atoms with van der Waals surface area (Å²) in [5.41, 5.74) is 0.0756. The fraction of sp³-hybridized carbons (Fsp3) is 0.636. The van der Waals surface area contributed by atoms with Crippen LogP contribution in [0.15, 0.2) is 6.20 Å². The monoisotopic (exact) mass is 270 g/mol. The van der Waals surface area contributed by atoms with E-state index in [2.05, 4.69) is 15.6 Å². The van der Waals surface area contributed by atoms with Crippen LogP contribution in [0, 0.1) is 0 Å². The first-order chi connectivity index (χ1) is 8.76. The Morgan fingerprint density at radius 2 is 2.16 bits per heavy atom. The Bertz CT molecular complexity index is 450. The van der Waals surface area contributed by atoms with E-state index in [1.807, 2.05) is 0 Å². The van der Waals surface area contributed by atoms with Gasteiger partial charge in [-0.2, -0.15) is 0 Å². The highest BCUT2D eigenvalue weighted by molar-refractivity contribution is 5.67. The highest BCUT2D eigenvalue weighted by atomic mass is 16.6. The Hall–Kier alpha value is -2.12. The number of amides is 1. The van der Waals surface area contributed by atoms with Gasteiger partial charge in [0.1, 0.15) is 12.1 Å². The number of carbonyl (C=O) groups excluding carboxylic acids is 1. The van der Waals surface area contributed by atoms with E-state index in [0.717, 1.165) is 0 Å². The topological polar surface area (TPSA) is 106 Å². The molecular weight excluding hydrogens is 252 g/mol. The zero-order chi connectivity index (χ0) is 14.5. The Morgan fingerprint density at radius 3 is 2.74 bits per heavy atom. The van der Waals surface area contributed by atoms with Crippen molar-refractivity contribution in [1.82, 2.24) is 20.3 Å². The van der Waals surface area contributed by atoms with E-state index < -0.39 is 17.7 Å². The fourth-order valence-corrected chi connectivity index (χ4v) is 1.28. The van der Waals surface area contributed by atoms with E-state index in [4.69, 9.17) is 9.84 Å². The first-order valence-electron chi connectivity index (χ1n) is 5.84. The molecule has 0 aliphatic rings. The molecule has 0 radical (unpaired) electrons. The van der Waals surface area contributed by atoms with Gasteiger partial charge in [-0.3, -0.25) is 4.79 Å². The van der Waals surface area contributed by atoms with Crippen LogP contribution in [0.3, 0.4) is 0 Å². The van der Waals surface area contributed by atoms with E-state index in [1.165, 1.54) is 10.9 Å². The lowest BCUT2D eigenvalue weighted by molar-refractivity contribution is -0.137. The molecule has 0 aliphatic carbocycles. The van der Waals surface area contributed by atoms with Crippen LogP contribution < -0.4 is 5.32 Å². The Labute approximate surface area is 110 Å². The van der Waals surface area contributed by atoms with Crippen molar-refractivity contribution in [2.45, 2.75) is 39.3 Å². The highest BCUT2D eigenvalue weighted by Gasteiger charge is 2.15. The van der Waals surface area contributed by atoms with Crippen LogP contribution >= 0.6 is 0 Å². The lowest BCUT2D eigenvalue weighted by Crippen LogP contribution is -2.33. The summed E-state index contributed by atoms with van der Waals surface area (Å²) in [4.78, 5) is 21.8. The minimum atomic E-state index is -0.983. The van der Waals surface area contributed by atoms with Crippen LogP contribution in [0.2, 0.25) is 0 Å². The van der Waals surface area contributed by atoms with Crippen molar-refractivity contribution >= 4 is 12.1 Å². The number of nitrogens with zero attached hydrogens (tertiary/aromatic N) is 3. The highest BCUT2D eigenvalue weighted by Crippen LogP contribution is 2.06. The number of aromatic nitrogens is 3. The summed E-state index contributed by atoms with van der Waals surface area (Å²) in [6.07, 6.45) is 1.49. The second-order valence-electron chi connectivity index (χ2n) is 4.98. The van der Waals surface area contributed by atoms with Crippen LogP contribution in [0.4, 0.5) is 4.79 Å². The summed E-state index contributed by atoms with van der Waals surface area (Å²) in [5, 5.41) is 18.6. The average Bonchev–Trinajstić information content (AvgIpc) is 2.61. The van der Waals surface area contributed by atoms with Gasteiger partial charge in [-0.1, -0.05) is 5.21 Å². The molecular formula is C11H18N4O4. The van der Waals surface area contributed by atoms with Crippen LogP contribution in [0.5, 0.6) is 0 Å². The Morgan fingerprint density at radius 1 is 1.47 bits per heavy atom. The Balaban J connectivity index is 2.31. The van der Waals surface area contributed by atoms with Crippen molar-refractivity contribution in [3.8, 4) is 0 Å². The van der Waals surface area contributed by atoms with Crippen molar-refractivity contribution < 1.29 is 19.4 Å². The van der Waals surface area contributed by atoms with Gasteiger partial charge >= 0.3 is 12.1 Å². The van der Waals surface area contributed by atoms with Gasteiger partial charge in [0.2, 0.25) is 0 Å². The molecule has 0 fully saturated rings. The molecule has 1 heterocycles. The zero-order valence-corrected chi connectivity index (χ0v) is 11.2. The normalized spacial score (nSPS) is 11.1. The molecule has 1 aromatic rings. The van der Waals surface area contributed by atoms with E-state index >= 15 is 0 Å². The summed E-state index contributed by atoms with van der Waals surface area (Å²) in [5.74, 6) is -0.983. The molecule has 19 heavy (non-hydrogen) atoms. The van der Waals surface area contributed by atoms with Crippen LogP contribution in [-0.2, 0) is 22.5 Å². The number of rotatable bonds is 5. The maximum atomic E-state index is 11.3. The maximum Gasteiger partial charge on any atom is 0.407 e. The predicted molar refractivity (Wildman–Crippen MR) is 65.6 cm³/mol. The smallest absolute Gasteiger partial charge is 0.407 e. The molecule has 1 aromatic heterocycles. The van der Waals surface area contributed by atoms with E-state index in [9.17, 15) is 9.59 Å². The minimum Gasteiger partial charge on any atom is -0.480 e. The van der Waals surface area contributed by atoms with Crippen LogP contribution in [-0.4, -0.2) is 44.3 Å². The summed E-state index contributed by atoms with van der Waals surface area (Å²) < 4.78 is 6.29. The molecule has 0 aliphatic heterocycles. The zero-order valence-electron chi connectivity index (χ0n) is 11.2. The van der Waals surface area contributed by atoms with E-state index in [1.54, 1.807) is 20.8 Å². The molecule has 0 saturated carbocycles. The lowest BCUT2D eigenvalue weighted by Gasteiger charge is -2.19. The van der Waals surface area contributed by atoms with E-state index in [-0.39, 0.29) is 6.54 Å². The van der Waals surface area contributed by atoms with Gasteiger partial charge in [0.15, 0.2) is 0 Å². The van der Waals surface area contributed by atoms with E-state index in [0.29, 0.717) is 18.7 Å². The molecule has 0 atom stereocenters. The summed E-state index contributed by atoms with van der Waals surface area (Å²) >= 11 is 0. The number of hydrogen-bond acceptors (Lipinski definition) is 5. The van der Waals surface area contributed by atoms with Gasteiger partial charge in [-0.15, -0.1) is 5.10 Å². The third-order valence-corrected chi connectivity index (χ3v) is 1.93. The number of alkyl carbamates (subject to hydrolysis) is 1. The van der Waals surface area contributed by atoms with Crippen molar-refractivity contribution in [3.05, 3.63) is 11.9 Å². The molecule has 1 rings (SSSR count). The Kier molecular flexibility index (Phi) is 4.85. The van der Waals surface area contributed by atoms with Crippen molar-refractivity contribution in [2.75, 3.05) is 6.54 Å². The quantitative estimate of drug-likeness (QED) is 0.803. The average molecular weight is 270 g/mol. The summed E-state index contributed by atoms with van der Waals surface area (Å²) in [6.45, 7) is 5.46. The van der Waals surface area contributed by atoms with Crippen LogP contribution in [0.1, 0.15) is 26.5 Å². The standard InChI is InChI=1S/C11H18N4O4/c1-11(2,3)19-10(18)12-5-4-8-6-15(14-13-8)7-9(16)17/h6H,4-5,7H2,1-3H3,(H,12,18)(H,16,17). The minimum absolute atomic E-state index is 0.230. The second kappa shape index (κ2) is 6.17. The SMILES string of the molecule is CC(C)(C)OC(=O)NCCc1cn(CC(=O)O)nn1. The lowest BCUT2D eigenvalue weighted by atomic mass is 10.2. The molecule has 0 unspecified atom stereocenters. The number of hydrogen-bond donors (Lipinski definition) is 2. The predicted octanol–water partition coefficient (Wildman–Crippen LogP) is 0.430. The number of nitrogens with one attached hydrogen (secondary N) is 1. The van der Waals surface area contributed by atoms with Gasteiger partial charge in [0, 0.05) is 19.2 Å². The molecule has 8 heteroatoms. The molecule has 8 nitrogen and oxygen atoms in total. The fourth-order valence-electron chi connectivity index (χ4n) is 1.28. The number of aliphatic carboxylic acids is 1. The van der Waals surface area contributed by atoms with Crippen molar-refractivity contribution in [2.24, 2.45) is 0 Å². The number of carboxylic acid groups (broad SMARTS) is 1. The summed E-state index contributed by atoms with van der Waals surface area (Å²) in [7, 11) is 0. The maximum absolute atomic E-state index is 11.3. The largest absolute Gasteiger partial charge is 0.480 e. The molecule has 1 amide bonds. The third-order valence-electron chi connectivity index (χ3n) is 1.93. The third kappa shape index (κ3) is 6.39. The van der Waals surface area contributed by atoms with Gasteiger partial charge in [-0.25, -0.2) is 9.48 Å². The second-order valence-corrected chi connectivity index (χ2v) is 4.98. The van der Waals surface area contributed by atoms with Gasteiger partial charge in [0.25, 0.3) is 0 Å².